The van der Waals surface area contributed by atoms with E-state index in [9.17, 15) is 13.2 Å². The molecule has 0 bridgehead atoms. The van der Waals surface area contributed by atoms with Crippen molar-refractivity contribution in [3.05, 3.63) is 0 Å². The number of carbonyl (C=O) groups is 1. The molecular formula is C10H17NO3S. The summed E-state index contributed by atoms with van der Waals surface area (Å²) in [4.78, 5) is 11.7. The van der Waals surface area contributed by atoms with E-state index in [0.29, 0.717) is 6.42 Å². The Labute approximate surface area is 90.3 Å². The molecular weight excluding hydrogens is 214 g/mol. The highest BCUT2D eigenvalue weighted by molar-refractivity contribution is 7.91. The van der Waals surface area contributed by atoms with Gasteiger partial charge in [-0.05, 0) is 25.2 Å². The molecule has 1 amide bonds. The van der Waals surface area contributed by atoms with Crippen LogP contribution in [0.5, 0.6) is 0 Å². The second kappa shape index (κ2) is 4.12. The number of sulfone groups is 1. The third-order valence-corrected chi connectivity index (χ3v) is 5.21. The van der Waals surface area contributed by atoms with Gasteiger partial charge in [0.2, 0.25) is 5.91 Å². The van der Waals surface area contributed by atoms with E-state index in [0.717, 1.165) is 25.8 Å². The molecule has 15 heavy (non-hydrogen) atoms. The zero-order valence-corrected chi connectivity index (χ0v) is 9.55. The van der Waals surface area contributed by atoms with E-state index < -0.39 is 9.84 Å². The normalized spacial score (nSPS) is 35.9. The maximum Gasteiger partial charge on any atom is 0.223 e. The van der Waals surface area contributed by atoms with E-state index in [1.54, 1.807) is 0 Å². The van der Waals surface area contributed by atoms with Crippen LogP contribution in [0.3, 0.4) is 0 Å². The zero-order chi connectivity index (χ0) is 10.9. The van der Waals surface area contributed by atoms with Crippen molar-refractivity contribution in [1.29, 1.82) is 0 Å². The Morgan fingerprint density at radius 1 is 1.20 bits per heavy atom. The van der Waals surface area contributed by atoms with Crippen LogP contribution in [-0.4, -0.2) is 32.4 Å². The van der Waals surface area contributed by atoms with Gasteiger partial charge in [0.15, 0.2) is 9.84 Å². The Kier molecular flexibility index (Phi) is 3.00. The molecule has 0 aliphatic carbocycles. The number of carbonyl (C=O) groups excluding carboxylic acids is 1. The molecule has 2 saturated heterocycles. The molecule has 0 saturated carbocycles. The number of hydrogen-bond acceptors (Lipinski definition) is 3. The monoisotopic (exact) mass is 231 g/mol. The van der Waals surface area contributed by atoms with Gasteiger partial charge in [0, 0.05) is 12.5 Å². The number of amides is 1. The molecule has 2 heterocycles. The highest BCUT2D eigenvalue weighted by Crippen LogP contribution is 2.30. The Balaban J connectivity index is 2.06. The maximum absolute atomic E-state index is 11.7. The number of hydrogen-bond donors (Lipinski definition) is 1. The molecule has 1 N–H and O–H groups in total. The van der Waals surface area contributed by atoms with Gasteiger partial charge < -0.3 is 5.32 Å². The minimum Gasteiger partial charge on any atom is -0.356 e. The topological polar surface area (TPSA) is 63.2 Å². The van der Waals surface area contributed by atoms with Gasteiger partial charge in [-0.15, -0.1) is 0 Å². The van der Waals surface area contributed by atoms with E-state index in [-0.39, 0.29) is 29.2 Å². The second-order valence-electron chi connectivity index (χ2n) is 4.56. The van der Waals surface area contributed by atoms with Crippen LogP contribution in [0.15, 0.2) is 0 Å². The highest BCUT2D eigenvalue weighted by atomic mass is 32.2. The van der Waals surface area contributed by atoms with Crippen LogP contribution in [0.25, 0.3) is 0 Å². The van der Waals surface area contributed by atoms with Crippen molar-refractivity contribution >= 4 is 15.7 Å². The molecule has 2 rings (SSSR count). The quantitative estimate of drug-likeness (QED) is 0.707. The Bertz CT molecular complexity index is 350. The molecule has 2 unspecified atom stereocenters. The van der Waals surface area contributed by atoms with Gasteiger partial charge in [-0.3, -0.25) is 4.79 Å². The third kappa shape index (κ3) is 2.51. The lowest BCUT2D eigenvalue weighted by Crippen LogP contribution is -2.33. The van der Waals surface area contributed by atoms with Gasteiger partial charge >= 0.3 is 0 Å². The average Bonchev–Trinajstić information content (AvgIpc) is 2.39. The molecule has 2 atom stereocenters. The van der Waals surface area contributed by atoms with Crippen LogP contribution in [0.4, 0.5) is 0 Å². The fourth-order valence-electron chi connectivity index (χ4n) is 2.55. The first kappa shape index (κ1) is 10.9. The molecule has 86 valence electrons. The predicted molar refractivity (Wildman–Crippen MR) is 57.1 cm³/mol. The third-order valence-electron chi connectivity index (χ3n) is 3.41. The van der Waals surface area contributed by atoms with Crippen molar-refractivity contribution in [3.63, 3.8) is 0 Å². The van der Waals surface area contributed by atoms with Crippen molar-refractivity contribution < 1.29 is 13.2 Å². The van der Waals surface area contributed by atoms with Gasteiger partial charge in [0.05, 0.1) is 11.5 Å². The Hall–Kier alpha value is -0.580. The second-order valence-corrected chi connectivity index (χ2v) is 6.79. The smallest absolute Gasteiger partial charge is 0.223 e. The largest absolute Gasteiger partial charge is 0.356 e. The predicted octanol–water partition coefficient (Wildman–Crippen LogP) is 0.337. The first-order valence-electron chi connectivity index (χ1n) is 5.57. The van der Waals surface area contributed by atoms with Crippen LogP contribution in [0.1, 0.15) is 25.7 Å². The van der Waals surface area contributed by atoms with Crippen molar-refractivity contribution in [2.45, 2.75) is 25.7 Å². The van der Waals surface area contributed by atoms with Crippen LogP contribution in [0, 0.1) is 11.8 Å². The SMILES string of the molecule is O=C1NCCCCC1C1CCS(=O)(=O)C1. The Morgan fingerprint density at radius 3 is 2.67 bits per heavy atom. The molecule has 0 spiro atoms. The van der Waals surface area contributed by atoms with Crippen LogP contribution < -0.4 is 5.32 Å². The molecule has 2 aliphatic rings. The molecule has 2 fully saturated rings. The highest BCUT2D eigenvalue weighted by Gasteiger charge is 2.37. The summed E-state index contributed by atoms with van der Waals surface area (Å²) in [6.45, 7) is 0.745. The molecule has 0 aromatic rings. The zero-order valence-electron chi connectivity index (χ0n) is 8.74. The first-order chi connectivity index (χ1) is 7.08. The molecule has 4 nitrogen and oxygen atoms in total. The summed E-state index contributed by atoms with van der Waals surface area (Å²) in [5.74, 6) is 0.541. The average molecular weight is 231 g/mol. The van der Waals surface area contributed by atoms with Crippen molar-refractivity contribution in [2.75, 3.05) is 18.1 Å². The van der Waals surface area contributed by atoms with E-state index in [1.807, 2.05) is 0 Å². The summed E-state index contributed by atoms with van der Waals surface area (Å²) >= 11 is 0. The maximum atomic E-state index is 11.7. The lowest BCUT2D eigenvalue weighted by atomic mass is 9.87. The fraction of sp³-hybridized carbons (Fsp3) is 0.900. The summed E-state index contributed by atoms with van der Waals surface area (Å²) < 4.78 is 22.7. The van der Waals surface area contributed by atoms with E-state index >= 15 is 0 Å². The van der Waals surface area contributed by atoms with Crippen LogP contribution in [0.2, 0.25) is 0 Å². The summed E-state index contributed by atoms with van der Waals surface area (Å²) in [7, 11) is -2.86. The summed E-state index contributed by atoms with van der Waals surface area (Å²) in [6.07, 6.45) is 3.56. The summed E-state index contributed by atoms with van der Waals surface area (Å²) in [5.41, 5.74) is 0. The molecule has 2 aliphatic heterocycles. The minimum atomic E-state index is -2.86. The molecule has 5 heteroatoms. The lowest BCUT2D eigenvalue weighted by molar-refractivity contribution is -0.126. The van der Waals surface area contributed by atoms with Crippen molar-refractivity contribution in [1.82, 2.24) is 5.32 Å². The van der Waals surface area contributed by atoms with Gasteiger partial charge in [-0.25, -0.2) is 8.42 Å². The van der Waals surface area contributed by atoms with Crippen LogP contribution in [-0.2, 0) is 14.6 Å². The van der Waals surface area contributed by atoms with Gasteiger partial charge in [0.1, 0.15) is 0 Å². The lowest BCUT2D eigenvalue weighted by Gasteiger charge is -2.18. The Morgan fingerprint density at radius 2 is 2.00 bits per heavy atom. The first-order valence-corrected chi connectivity index (χ1v) is 7.39. The molecule has 0 radical (unpaired) electrons. The van der Waals surface area contributed by atoms with Gasteiger partial charge in [-0.1, -0.05) is 6.42 Å². The van der Waals surface area contributed by atoms with Crippen molar-refractivity contribution in [3.8, 4) is 0 Å². The number of rotatable bonds is 1. The van der Waals surface area contributed by atoms with E-state index in [4.69, 9.17) is 0 Å². The van der Waals surface area contributed by atoms with Gasteiger partial charge in [-0.2, -0.15) is 0 Å². The van der Waals surface area contributed by atoms with E-state index in [2.05, 4.69) is 5.32 Å². The van der Waals surface area contributed by atoms with Crippen LogP contribution >= 0.6 is 0 Å². The summed E-state index contributed by atoms with van der Waals surface area (Å²) in [6, 6.07) is 0. The van der Waals surface area contributed by atoms with Gasteiger partial charge in [0.25, 0.3) is 0 Å². The molecule has 0 aromatic carbocycles. The minimum absolute atomic E-state index is 0.0631. The fourth-order valence-corrected chi connectivity index (χ4v) is 4.43. The standard InChI is InChI=1S/C10H17NO3S/c12-10-9(3-1-2-5-11-10)8-4-6-15(13,14)7-8/h8-9H,1-7H2,(H,11,12). The molecule has 0 aromatic heterocycles. The summed E-state index contributed by atoms with van der Waals surface area (Å²) in [5, 5.41) is 2.87. The number of nitrogens with one attached hydrogen (secondary N) is 1. The van der Waals surface area contributed by atoms with E-state index in [1.165, 1.54) is 0 Å². The van der Waals surface area contributed by atoms with Crippen molar-refractivity contribution in [2.24, 2.45) is 11.8 Å².